The lowest BCUT2D eigenvalue weighted by Gasteiger charge is -2.22. The molecule has 1 heterocycles. The second-order valence-corrected chi connectivity index (χ2v) is 5.14. The summed E-state index contributed by atoms with van der Waals surface area (Å²) in [6.45, 7) is 3.33. The van der Waals surface area contributed by atoms with E-state index in [1.54, 1.807) is 6.92 Å². The number of nitrogens with zero attached hydrogens (tertiary/aromatic N) is 3. The molecular weight excluding hydrogens is 244 g/mol. The molecule has 0 unspecified atom stereocenters. The summed E-state index contributed by atoms with van der Waals surface area (Å²) in [6, 6.07) is 0.289. The molecule has 0 atom stereocenters. The van der Waals surface area contributed by atoms with Crippen molar-refractivity contribution in [3.8, 4) is 0 Å². The van der Waals surface area contributed by atoms with E-state index in [0.717, 1.165) is 12.8 Å². The molecule has 0 spiro atoms. The topological polar surface area (TPSA) is 76.9 Å². The van der Waals surface area contributed by atoms with E-state index >= 15 is 0 Å². The lowest BCUT2D eigenvalue weighted by molar-refractivity contribution is -0.122. The van der Waals surface area contributed by atoms with E-state index in [2.05, 4.69) is 15.6 Å². The monoisotopic (exact) mass is 264 g/mol. The van der Waals surface area contributed by atoms with Crippen molar-refractivity contribution in [2.75, 3.05) is 0 Å². The molecule has 1 amide bonds. The van der Waals surface area contributed by atoms with Gasteiger partial charge >= 0.3 is 0 Å². The number of amides is 1. The number of Topliss-reactive ketones (excluding diaryl/α,β-unsaturated/α-hetero) is 1. The summed E-state index contributed by atoms with van der Waals surface area (Å²) >= 11 is 0. The van der Waals surface area contributed by atoms with Gasteiger partial charge in [0.05, 0.1) is 5.69 Å². The molecule has 0 bridgehead atoms. The standard InChI is InChI=1S/C13H20N4O2/c1-9-13(10(2)18)15-16-17(9)8-12(19)14-11-6-4-3-5-7-11/h11H,3-8H2,1-2H3,(H,14,19). The van der Waals surface area contributed by atoms with Gasteiger partial charge in [0.25, 0.3) is 0 Å². The molecule has 1 fully saturated rings. The van der Waals surface area contributed by atoms with Gasteiger partial charge in [0.1, 0.15) is 6.54 Å². The van der Waals surface area contributed by atoms with E-state index in [1.807, 2.05) is 0 Å². The number of ketones is 1. The Kier molecular flexibility index (Phi) is 4.29. The highest BCUT2D eigenvalue weighted by atomic mass is 16.2. The maximum Gasteiger partial charge on any atom is 0.242 e. The average Bonchev–Trinajstić information content (AvgIpc) is 2.72. The first-order chi connectivity index (χ1) is 9.08. The van der Waals surface area contributed by atoms with Crippen LogP contribution >= 0.6 is 0 Å². The second-order valence-electron chi connectivity index (χ2n) is 5.14. The van der Waals surface area contributed by atoms with Crippen LogP contribution in [-0.4, -0.2) is 32.7 Å². The fourth-order valence-electron chi connectivity index (χ4n) is 2.49. The summed E-state index contributed by atoms with van der Waals surface area (Å²) in [7, 11) is 0. The third kappa shape index (κ3) is 3.39. The fraction of sp³-hybridized carbons (Fsp3) is 0.692. The Bertz CT molecular complexity index is 475. The minimum absolute atomic E-state index is 0.0602. The second kappa shape index (κ2) is 5.95. The van der Waals surface area contributed by atoms with E-state index in [1.165, 1.54) is 30.9 Å². The van der Waals surface area contributed by atoms with Gasteiger partial charge in [-0.1, -0.05) is 24.5 Å². The smallest absolute Gasteiger partial charge is 0.242 e. The normalized spacial score (nSPS) is 16.3. The SMILES string of the molecule is CC(=O)c1nnn(CC(=O)NC2CCCCC2)c1C. The number of carbonyl (C=O) groups is 2. The van der Waals surface area contributed by atoms with Gasteiger partial charge in [-0.05, 0) is 19.8 Å². The minimum atomic E-state index is -0.128. The molecule has 6 nitrogen and oxygen atoms in total. The van der Waals surface area contributed by atoms with E-state index < -0.39 is 0 Å². The number of nitrogens with one attached hydrogen (secondary N) is 1. The van der Waals surface area contributed by atoms with E-state index in [0.29, 0.717) is 11.4 Å². The Balaban J connectivity index is 1.93. The predicted octanol–water partition coefficient (Wildman–Crippen LogP) is 1.24. The molecule has 19 heavy (non-hydrogen) atoms. The van der Waals surface area contributed by atoms with Crippen molar-refractivity contribution in [2.24, 2.45) is 0 Å². The van der Waals surface area contributed by atoms with Crippen LogP contribution in [0, 0.1) is 6.92 Å². The Labute approximate surface area is 112 Å². The van der Waals surface area contributed by atoms with Gasteiger partial charge in [-0.15, -0.1) is 5.10 Å². The first kappa shape index (κ1) is 13.7. The zero-order valence-corrected chi connectivity index (χ0v) is 11.5. The quantitative estimate of drug-likeness (QED) is 0.830. The molecule has 6 heteroatoms. The molecule has 0 aliphatic heterocycles. The first-order valence-corrected chi connectivity index (χ1v) is 6.78. The molecule has 1 saturated carbocycles. The van der Waals surface area contributed by atoms with Crippen molar-refractivity contribution < 1.29 is 9.59 Å². The van der Waals surface area contributed by atoms with E-state index in [9.17, 15) is 9.59 Å². The highest BCUT2D eigenvalue weighted by molar-refractivity contribution is 5.93. The summed E-state index contributed by atoms with van der Waals surface area (Å²) < 4.78 is 1.48. The van der Waals surface area contributed by atoms with Gasteiger partial charge < -0.3 is 5.32 Å². The van der Waals surface area contributed by atoms with Gasteiger partial charge in [0, 0.05) is 13.0 Å². The zero-order valence-electron chi connectivity index (χ0n) is 11.5. The molecule has 0 radical (unpaired) electrons. The molecule has 1 aliphatic rings. The first-order valence-electron chi connectivity index (χ1n) is 6.78. The molecule has 1 aromatic rings. The highest BCUT2D eigenvalue weighted by Gasteiger charge is 2.18. The van der Waals surface area contributed by atoms with Crippen molar-refractivity contribution in [3.63, 3.8) is 0 Å². The van der Waals surface area contributed by atoms with Gasteiger partial charge in [-0.2, -0.15) is 0 Å². The molecule has 2 rings (SSSR count). The van der Waals surface area contributed by atoms with E-state index in [-0.39, 0.29) is 24.3 Å². The number of rotatable bonds is 4. The van der Waals surface area contributed by atoms with E-state index in [4.69, 9.17) is 0 Å². The largest absolute Gasteiger partial charge is 0.352 e. The zero-order chi connectivity index (χ0) is 13.8. The fourth-order valence-corrected chi connectivity index (χ4v) is 2.49. The van der Waals surface area contributed by atoms with Crippen LogP contribution in [0.15, 0.2) is 0 Å². The Hall–Kier alpha value is -1.72. The van der Waals surface area contributed by atoms with Crippen LogP contribution in [0.3, 0.4) is 0 Å². The number of hydrogen-bond acceptors (Lipinski definition) is 4. The summed E-state index contributed by atoms with van der Waals surface area (Å²) in [6.07, 6.45) is 5.74. The molecule has 1 aromatic heterocycles. The van der Waals surface area contributed by atoms with Crippen molar-refractivity contribution in [3.05, 3.63) is 11.4 Å². The van der Waals surface area contributed by atoms with Crippen molar-refractivity contribution in [2.45, 2.75) is 58.5 Å². The summed E-state index contributed by atoms with van der Waals surface area (Å²) in [5, 5.41) is 10.7. The highest BCUT2D eigenvalue weighted by Crippen LogP contribution is 2.17. The third-order valence-electron chi connectivity index (χ3n) is 3.58. The molecule has 0 saturated heterocycles. The van der Waals surface area contributed by atoms with Crippen molar-refractivity contribution in [1.29, 1.82) is 0 Å². The summed E-state index contributed by atoms with van der Waals surface area (Å²) in [5.74, 6) is -0.188. The van der Waals surface area contributed by atoms with Gasteiger partial charge in [-0.3, -0.25) is 9.59 Å². The number of carbonyl (C=O) groups excluding carboxylic acids is 2. The number of aromatic nitrogens is 3. The molecule has 0 aromatic carbocycles. The van der Waals surface area contributed by atoms with Crippen LogP contribution in [0.1, 0.15) is 55.2 Å². The Morgan fingerprint density at radius 3 is 2.58 bits per heavy atom. The molecule has 1 aliphatic carbocycles. The lowest BCUT2D eigenvalue weighted by Crippen LogP contribution is -2.38. The van der Waals surface area contributed by atoms with Gasteiger partial charge in [-0.25, -0.2) is 4.68 Å². The maximum atomic E-state index is 11.9. The minimum Gasteiger partial charge on any atom is -0.352 e. The van der Waals surface area contributed by atoms with Crippen LogP contribution < -0.4 is 5.32 Å². The van der Waals surface area contributed by atoms with Crippen LogP contribution in [0.5, 0.6) is 0 Å². The summed E-state index contributed by atoms with van der Waals surface area (Å²) in [5.41, 5.74) is 0.983. The third-order valence-corrected chi connectivity index (χ3v) is 3.58. The molecule has 104 valence electrons. The van der Waals surface area contributed by atoms with Crippen LogP contribution in [0.4, 0.5) is 0 Å². The van der Waals surface area contributed by atoms with Gasteiger partial charge in [0.15, 0.2) is 11.5 Å². The average molecular weight is 264 g/mol. The van der Waals surface area contributed by atoms with Crippen molar-refractivity contribution in [1.82, 2.24) is 20.3 Å². The van der Waals surface area contributed by atoms with Crippen LogP contribution in [0.2, 0.25) is 0 Å². The molecule has 1 N–H and O–H groups in total. The lowest BCUT2D eigenvalue weighted by atomic mass is 9.95. The maximum absolute atomic E-state index is 11.9. The molecular formula is C13H20N4O2. The van der Waals surface area contributed by atoms with Crippen LogP contribution in [-0.2, 0) is 11.3 Å². The Morgan fingerprint density at radius 2 is 2.00 bits per heavy atom. The van der Waals surface area contributed by atoms with Crippen LogP contribution in [0.25, 0.3) is 0 Å². The Morgan fingerprint density at radius 1 is 1.32 bits per heavy atom. The van der Waals surface area contributed by atoms with Crippen molar-refractivity contribution >= 4 is 11.7 Å². The predicted molar refractivity (Wildman–Crippen MR) is 69.8 cm³/mol. The summed E-state index contributed by atoms with van der Waals surface area (Å²) in [4.78, 5) is 23.2. The number of hydrogen-bond donors (Lipinski definition) is 1. The van der Waals surface area contributed by atoms with Gasteiger partial charge in [0.2, 0.25) is 5.91 Å².